The molecule has 1 atom stereocenters. The number of nitrogens with zero attached hydrogens (tertiary/aromatic N) is 1. The third kappa shape index (κ3) is 3.08. The molecule has 1 saturated heterocycles. The van der Waals surface area contributed by atoms with E-state index in [0.29, 0.717) is 0 Å². The van der Waals surface area contributed by atoms with Crippen molar-refractivity contribution in [2.75, 3.05) is 25.9 Å². The lowest BCUT2D eigenvalue weighted by molar-refractivity contribution is 0.351. The summed E-state index contributed by atoms with van der Waals surface area (Å²) in [5.41, 5.74) is 0. The molecule has 0 spiro atoms. The van der Waals surface area contributed by atoms with Crippen LogP contribution in [0.25, 0.3) is 0 Å². The van der Waals surface area contributed by atoms with E-state index in [4.69, 9.17) is 0 Å². The van der Waals surface area contributed by atoms with Gasteiger partial charge in [-0.3, -0.25) is 0 Å². The van der Waals surface area contributed by atoms with Gasteiger partial charge in [-0.2, -0.15) is 0 Å². The van der Waals surface area contributed by atoms with Gasteiger partial charge in [0.25, 0.3) is 0 Å². The van der Waals surface area contributed by atoms with Gasteiger partial charge in [0, 0.05) is 12.6 Å². The van der Waals surface area contributed by atoms with Crippen LogP contribution in [0.4, 0.5) is 0 Å². The standard InChI is InChI=1S/C7H16N2O2S/c1-3-9-5-4-7(6-9)8-12(2,10)11/h7-8H,3-6H2,1-2H3/t7-/m1/s1. The molecule has 1 heterocycles. The molecule has 1 N–H and O–H groups in total. The van der Waals surface area contributed by atoms with Gasteiger partial charge in [0.05, 0.1) is 6.26 Å². The van der Waals surface area contributed by atoms with Gasteiger partial charge in [0.1, 0.15) is 0 Å². The molecule has 0 aromatic heterocycles. The van der Waals surface area contributed by atoms with Crippen molar-refractivity contribution in [3.05, 3.63) is 0 Å². The predicted octanol–water partition coefficient (Wildman–Crippen LogP) is -0.370. The van der Waals surface area contributed by atoms with Crippen molar-refractivity contribution in [3.8, 4) is 0 Å². The highest BCUT2D eigenvalue weighted by molar-refractivity contribution is 7.88. The Labute approximate surface area is 74.0 Å². The van der Waals surface area contributed by atoms with Gasteiger partial charge in [-0.15, -0.1) is 0 Å². The fraction of sp³-hybridized carbons (Fsp3) is 1.00. The molecule has 0 aromatic rings. The highest BCUT2D eigenvalue weighted by atomic mass is 32.2. The first-order chi connectivity index (χ1) is 5.51. The third-order valence-electron chi connectivity index (χ3n) is 2.10. The van der Waals surface area contributed by atoms with Crippen LogP contribution in [0.15, 0.2) is 0 Å². The van der Waals surface area contributed by atoms with Crippen molar-refractivity contribution in [1.29, 1.82) is 0 Å². The maximum absolute atomic E-state index is 10.9. The minimum atomic E-state index is -3.02. The monoisotopic (exact) mass is 192 g/mol. The van der Waals surface area contributed by atoms with Crippen LogP contribution in [-0.4, -0.2) is 45.2 Å². The molecule has 0 bridgehead atoms. The van der Waals surface area contributed by atoms with Crippen molar-refractivity contribution >= 4 is 10.0 Å². The lowest BCUT2D eigenvalue weighted by atomic mass is 10.3. The van der Waals surface area contributed by atoms with Gasteiger partial charge in [-0.25, -0.2) is 13.1 Å². The van der Waals surface area contributed by atoms with E-state index in [2.05, 4.69) is 16.5 Å². The van der Waals surface area contributed by atoms with Crippen LogP contribution in [0, 0.1) is 0 Å². The summed E-state index contributed by atoms with van der Waals surface area (Å²) in [6, 6.07) is 0.125. The summed E-state index contributed by atoms with van der Waals surface area (Å²) in [5.74, 6) is 0. The lowest BCUT2D eigenvalue weighted by Crippen LogP contribution is -2.36. The smallest absolute Gasteiger partial charge is 0.208 e. The molecule has 0 saturated carbocycles. The first-order valence-electron chi connectivity index (χ1n) is 4.21. The Kier molecular flexibility index (Phi) is 3.09. The number of hydrogen-bond acceptors (Lipinski definition) is 3. The predicted molar refractivity (Wildman–Crippen MR) is 48.5 cm³/mol. The van der Waals surface area contributed by atoms with E-state index in [-0.39, 0.29) is 6.04 Å². The Bertz CT molecular complexity index is 238. The van der Waals surface area contributed by atoms with Gasteiger partial charge in [0.2, 0.25) is 10.0 Å². The average Bonchev–Trinajstić information content (AvgIpc) is 2.32. The van der Waals surface area contributed by atoms with Crippen molar-refractivity contribution in [3.63, 3.8) is 0 Å². The Morgan fingerprint density at radius 2 is 2.25 bits per heavy atom. The van der Waals surface area contributed by atoms with E-state index in [0.717, 1.165) is 26.1 Å². The summed E-state index contributed by atoms with van der Waals surface area (Å²) in [6.07, 6.45) is 2.14. The quantitative estimate of drug-likeness (QED) is 0.664. The molecule has 0 radical (unpaired) electrons. The second kappa shape index (κ2) is 3.72. The van der Waals surface area contributed by atoms with Crippen molar-refractivity contribution < 1.29 is 8.42 Å². The first kappa shape index (κ1) is 9.95. The summed E-state index contributed by atoms with van der Waals surface area (Å²) < 4.78 is 24.3. The molecule has 1 fully saturated rings. The fourth-order valence-electron chi connectivity index (χ4n) is 1.52. The minimum absolute atomic E-state index is 0.125. The molecule has 0 amide bonds. The van der Waals surface area contributed by atoms with E-state index in [1.807, 2.05) is 0 Å². The summed E-state index contributed by atoms with van der Waals surface area (Å²) >= 11 is 0. The molecule has 0 aliphatic carbocycles. The molecule has 12 heavy (non-hydrogen) atoms. The average molecular weight is 192 g/mol. The van der Waals surface area contributed by atoms with Crippen molar-refractivity contribution in [2.24, 2.45) is 0 Å². The van der Waals surface area contributed by atoms with Gasteiger partial charge in [0.15, 0.2) is 0 Å². The minimum Gasteiger partial charge on any atom is -0.302 e. The molecule has 4 nitrogen and oxygen atoms in total. The molecule has 1 aliphatic heterocycles. The molecule has 72 valence electrons. The molecule has 1 rings (SSSR count). The number of rotatable bonds is 3. The van der Waals surface area contributed by atoms with Gasteiger partial charge < -0.3 is 4.90 Å². The number of likely N-dealkylation sites (tertiary alicyclic amines) is 1. The van der Waals surface area contributed by atoms with E-state index >= 15 is 0 Å². The third-order valence-corrected chi connectivity index (χ3v) is 2.86. The van der Waals surface area contributed by atoms with Crippen LogP contribution in [-0.2, 0) is 10.0 Å². The summed E-state index contributed by atoms with van der Waals surface area (Å²) in [6.45, 7) is 4.94. The van der Waals surface area contributed by atoms with E-state index in [1.54, 1.807) is 0 Å². The molecular formula is C7H16N2O2S. The topological polar surface area (TPSA) is 49.4 Å². The van der Waals surface area contributed by atoms with Crippen LogP contribution in [0.1, 0.15) is 13.3 Å². The Hall–Kier alpha value is -0.130. The highest BCUT2D eigenvalue weighted by Crippen LogP contribution is 2.08. The SMILES string of the molecule is CCN1CC[C@@H](NS(C)(=O)=O)C1. The molecule has 0 unspecified atom stereocenters. The van der Waals surface area contributed by atoms with Crippen molar-refractivity contribution in [1.82, 2.24) is 9.62 Å². The second-order valence-corrected chi connectivity index (χ2v) is 5.05. The molecule has 0 aromatic carbocycles. The Morgan fingerprint density at radius 3 is 2.67 bits per heavy atom. The highest BCUT2D eigenvalue weighted by Gasteiger charge is 2.23. The number of hydrogen-bond donors (Lipinski definition) is 1. The first-order valence-corrected chi connectivity index (χ1v) is 6.10. The van der Waals surface area contributed by atoms with E-state index < -0.39 is 10.0 Å². The van der Waals surface area contributed by atoms with Crippen LogP contribution in [0.2, 0.25) is 0 Å². The maximum atomic E-state index is 10.9. The molecular weight excluding hydrogens is 176 g/mol. The van der Waals surface area contributed by atoms with E-state index in [9.17, 15) is 8.42 Å². The second-order valence-electron chi connectivity index (χ2n) is 3.27. The largest absolute Gasteiger partial charge is 0.302 e. The number of sulfonamides is 1. The summed E-state index contributed by atoms with van der Waals surface area (Å²) in [5, 5.41) is 0. The van der Waals surface area contributed by atoms with Crippen LogP contribution >= 0.6 is 0 Å². The van der Waals surface area contributed by atoms with Crippen LogP contribution in [0.5, 0.6) is 0 Å². The molecule has 5 heteroatoms. The Balaban J connectivity index is 2.38. The summed E-state index contributed by atoms with van der Waals surface area (Å²) in [7, 11) is -3.02. The fourth-order valence-corrected chi connectivity index (χ4v) is 2.32. The van der Waals surface area contributed by atoms with Gasteiger partial charge in [-0.1, -0.05) is 6.92 Å². The Morgan fingerprint density at radius 1 is 1.58 bits per heavy atom. The van der Waals surface area contributed by atoms with Crippen molar-refractivity contribution in [2.45, 2.75) is 19.4 Å². The zero-order valence-electron chi connectivity index (χ0n) is 7.58. The van der Waals surface area contributed by atoms with Gasteiger partial charge in [-0.05, 0) is 19.5 Å². The number of likely N-dealkylation sites (N-methyl/N-ethyl adjacent to an activating group) is 1. The van der Waals surface area contributed by atoms with Gasteiger partial charge >= 0.3 is 0 Å². The number of nitrogens with one attached hydrogen (secondary N) is 1. The molecule has 1 aliphatic rings. The zero-order valence-corrected chi connectivity index (χ0v) is 8.39. The summed E-state index contributed by atoms with van der Waals surface area (Å²) in [4.78, 5) is 2.24. The maximum Gasteiger partial charge on any atom is 0.208 e. The van der Waals surface area contributed by atoms with Crippen LogP contribution < -0.4 is 4.72 Å². The van der Waals surface area contributed by atoms with Crippen LogP contribution in [0.3, 0.4) is 0 Å². The zero-order chi connectivity index (χ0) is 9.19. The normalized spacial score (nSPS) is 26.3. The lowest BCUT2D eigenvalue weighted by Gasteiger charge is -2.12. The van der Waals surface area contributed by atoms with E-state index in [1.165, 1.54) is 6.26 Å².